The van der Waals surface area contributed by atoms with E-state index in [0.717, 1.165) is 12.8 Å². The van der Waals surface area contributed by atoms with Crippen LogP contribution in [0.1, 0.15) is 26.7 Å². The Kier molecular flexibility index (Phi) is 1.49. The van der Waals surface area contributed by atoms with Crippen LogP contribution >= 0.6 is 0 Å². The van der Waals surface area contributed by atoms with Crippen molar-refractivity contribution in [3.63, 3.8) is 0 Å². The molecule has 1 aliphatic carbocycles. The van der Waals surface area contributed by atoms with Gasteiger partial charge in [-0.3, -0.25) is 4.79 Å². The van der Waals surface area contributed by atoms with Crippen LogP contribution in [0.25, 0.3) is 0 Å². The summed E-state index contributed by atoms with van der Waals surface area (Å²) in [5.41, 5.74) is -0.519. The molecule has 3 heteroatoms. The molecule has 0 aromatic rings. The van der Waals surface area contributed by atoms with Crippen LogP contribution in [0, 0.1) is 5.92 Å². The summed E-state index contributed by atoms with van der Waals surface area (Å²) in [7, 11) is 0. The van der Waals surface area contributed by atoms with Crippen LogP contribution < -0.4 is 0 Å². The zero-order valence-electron chi connectivity index (χ0n) is 7.58. The van der Waals surface area contributed by atoms with Gasteiger partial charge in [0.05, 0.1) is 5.60 Å². The second kappa shape index (κ2) is 2.22. The number of aliphatic hydroxyl groups is 1. The second-order valence-electron chi connectivity index (χ2n) is 4.41. The van der Waals surface area contributed by atoms with Gasteiger partial charge in [0.2, 0.25) is 5.91 Å². The number of nitrogens with zero attached hydrogens (tertiary/aromatic N) is 1. The molecule has 2 aliphatic heterocycles. The fourth-order valence-electron chi connectivity index (χ4n) is 2.20. The molecule has 2 heterocycles. The molecule has 1 saturated carbocycles. The zero-order chi connectivity index (χ0) is 8.93. The molecule has 3 nitrogen and oxygen atoms in total. The molecule has 1 N–H and O–H groups in total. The Labute approximate surface area is 72.4 Å². The predicted octanol–water partition coefficient (Wildman–Crippen LogP) is 0.378. The maximum atomic E-state index is 11.5. The minimum atomic E-state index is -0.519. The van der Waals surface area contributed by atoms with Gasteiger partial charge in [-0.05, 0) is 12.8 Å². The van der Waals surface area contributed by atoms with Crippen LogP contribution in [0.4, 0.5) is 0 Å². The standard InChI is InChI=1S/C9H15NO2/c1-6(2)8(11)10-5-9(12)3-7(10)4-9/h6-7,12H,3-5H2,1-2H3. The third kappa shape index (κ3) is 0.959. The third-order valence-electron chi connectivity index (χ3n) is 2.91. The van der Waals surface area contributed by atoms with Crippen LogP contribution in [0.5, 0.6) is 0 Å². The number of carbonyl (C=O) groups is 1. The maximum absolute atomic E-state index is 11.5. The van der Waals surface area contributed by atoms with Gasteiger partial charge >= 0.3 is 0 Å². The van der Waals surface area contributed by atoms with E-state index < -0.39 is 5.60 Å². The topological polar surface area (TPSA) is 40.5 Å². The molecule has 2 bridgehead atoms. The minimum absolute atomic E-state index is 0.0629. The van der Waals surface area contributed by atoms with Crippen molar-refractivity contribution in [2.24, 2.45) is 5.92 Å². The average Bonchev–Trinajstić information content (AvgIpc) is 2.38. The van der Waals surface area contributed by atoms with E-state index >= 15 is 0 Å². The summed E-state index contributed by atoms with van der Waals surface area (Å²) in [4.78, 5) is 13.4. The molecule has 0 aromatic carbocycles. The fraction of sp³-hybridized carbons (Fsp3) is 0.889. The molecular weight excluding hydrogens is 154 g/mol. The summed E-state index contributed by atoms with van der Waals surface area (Å²) in [5.74, 6) is 0.251. The van der Waals surface area contributed by atoms with Crippen LogP contribution in [0.3, 0.4) is 0 Å². The van der Waals surface area contributed by atoms with Crippen molar-refractivity contribution < 1.29 is 9.90 Å². The van der Waals surface area contributed by atoms with Crippen molar-refractivity contribution in [1.29, 1.82) is 0 Å². The molecule has 3 aliphatic rings. The van der Waals surface area contributed by atoms with Crippen molar-refractivity contribution >= 4 is 5.91 Å². The van der Waals surface area contributed by atoms with Gasteiger partial charge in [-0.2, -0.15) is 0 Å². The Morgan fingerprint density at radius 1 is 1.58 bits per heavy atom. The quantitative estimate of drug-likeness (QED) is 0.616. The molecule has 0 unspecified atom stereocenters. The lowest BCUT2D eigenvalue weighted by molar-refractivity contribution is -0.134. The first-order valence-electron chi connectivity index (χ1n) is 4.55. The van der Waals surface area contributed by atoms with Crippen molar-refractivity contribution in [3.8, 4) is 0 Å². The lowest BCUT2D eigenvalue weighted by Crippen LogP contribution is -2.41. The molecule has 0 radical (unpaired) electrons. The van der Waals surface area contributed by atoms with Gasteiger partial charge in [0.15, 0.2) is 0 Å². The SMILES string of the molecule is CC(C)C(=O)N1CC2(O)CC1C2. The van der Waals surface area contributed by atoms with Gasteiger partial charge in [0.1, 0.15) is 0 Å². The normalized spacial score (nSPS) is 38.7. The summed E-state index contributed by atoms with van der Waals surface area (Å²) >= 11 is 0. The highest BCUT2D eigenvalue weighted by Gasteiger charge is 2.55. The van der Waals surface area contributed by atoms with Gasteiger partial charge in [-0.25, -0.2) is 0 Å². The molecule has 0 spiro atoms. The lowest BCUT2D eigenvalue weighted by Gasteiger charge is -2.31. The van der Waals surface area contributed by atoms with E-state index in [9.17, 15) is 9.90 Å². The Bertz CT molecular complexity index is 219. The summed E-state index contributed by atoms with van der Waals surface area (Å²) in [6.07, 6.45) is 1.59. The number of hydrogen-bond acceptors (Lipinski definition) is 2. The van der Waals surface area contributed by atoms with Gasteiger partial charge in [-0.1, -0.05) is 13.8 Å². The first-order valence-corrected chi connectivity index (χ1v) is 4.55. The lowest BCUT2D eigenvalue weighted by atomic mass is 9.81. The maximum Gasteiger partial charge on any atom is 0.225 e. The molecule has 0 atom stereocenters. The van der Waals surface area contributed by atoms with E-state index in [4.69, 9.17) is 0 Å². The molecule has 3 rings (SSSR count). The predicted molar refractivity (Wildman–Crippen MR) is 44.5 cm³/mol. The molecule has 12 heavy (non-hydrogen) atoms. The molecule has 1 amide bonds. The number of rotatable bonds is 1. The Morgan fingerprint density at radius 2 is 2.17 bits per heavy atom. The van der Waals surface area contributed by atoms with E-state index in [2.05, 4.69) is 0 Å². The van der Waals surface area contributed by atoms with Crippen molar-refractivity contribution in [1.82, 2.24) is 4.90 Å². The van der Waals surface area contributed by atoms with Crippen LogP contribution in [-0.2, 0) is 4.79 Å². The van der Waals surface area contributed by atoms with Crippen LogP contribution in [0.2, 0.25) is 0 Å². The van der Waals surface area contributed by atoms with Crippen molar-refractivity contribution in [2.45, 2.75) is 38.3 Å². The zero-order valence-corrected chi connectivity index (χ0v) is 7.58. The van der Waals surface area contributed by atoms with Crippen LogP contribution in [0.15, 0.2) is 0 Å². The molecule has 0 aromatic heterocycles. The highest BCUT2D eigenvalue weighted by Crippen LogP contribution is 2.44. The number of fused-ring (bicyclic) bond motifs is 1. The van der Waals surface area contributed by atoms with Gasteiger partial charge in [0, 0.05) is 18.5 Å². The van der Waals surface area contributed by atoms with Crippen molar-refractivity contribution in [3.05, 3.63) is 0 Å². The van der Waals surface area contributed by atoms with Crippen molar-refractivity contribution in [2.75, 3.05) is 6.54 Å². The van der Waals surface area contributed by atoms with E-state index in [1.165, 1.54) is 0 Å². The Hall–Kier alpha value is -0.570. The highest BCUT2D eigenvalue weighted by atomic mass is 16.3. The minimum Gasteiger partial charge on any atom is -0.388 e. The third-order valence-corrected chi connectivity index (χ3v) is 2.91. The highest BCUT2D eigenvalue weighted by molar-refractivity contribution is 5.79. The first-order chi connectivity index (χ1) is 5.52. The molecular formula is C9H15NO2. The van der Waals surface area contributed by atoms with Gasteiger partial charge in [-0.15, -0.1) is 0 Å². The summed E-state index contributed by atoms with van der Waals surface area (Å²) in [6, 6.07) is 0.338. The fourth-order valence-corrected chi connectivity index (χ4v) is 2.20. The van der Waals surface area contributed by atoms with Crippen LogP contribution in [-0.4, -0.2) is 34.1 Å². The summed E-state index contributed by atoms with van der Waals surface area (Å²) in [6.45, 7) is 4.37. The Morgan fingerprint density at radius 3 is 2.50 bits per heavy atom. The molecule has 68 valence electrons. The van der Waals surface area contributed by atoms with E-state index in [0.29, 0.717) is 12.6 Å². The van der Waals surface area contributed by atoms with E-state index in [1.807, 2.05) is 18.7 Å². The monoisotopic (exact) mass is 169 g/mol. The molecule has 3 fully saturated rings. The first kappa shape index (κ1) is 8.05. The number of hydrogen-bond donors (Lipinski definition) is 1. The number of carbonyl (C=O) groups excluding carboxylic acids is 1. The Balaban J connectivity index is 2.05. The number of amides is 1. The summed E-state index contributed by atoms with van der Waals surface area (Å²) in [5, 5.41) is 9.67. The smallest absolute Gasteiger partial charge is 0.225 e. The van der Waals surface area contributed by atoms with Gasteiger partial charge in [0.25, 0.3) is 0 Å². The van der Waals surface area contributed by atoms with Gasteiger partial charge < -0.3 is 10.0 Å². The second-order valence-corrected chi connectivity index (χ2v) is 4.41. The molecule has 2 saturated heterocycles. The van der Waals surface area contributed by atoms with E-state index in [1.54, 1.807) is 0 Å². The summed E-state index contributed by atoms with van der Waals surface area (Å²) < 4.78 is 0. The average molecular weight is 169 g/mol. The van der Waals surface area contributed by atoms with E-state index in [-0.39, 0.29) is 11.8 Å². The largest absolute Gasteiger partial charge is 0.388 e.